The van der Waals surface area contributed by atoms with Gasteiger partial charge in [0.1, 0.15) is 0 Å². The molecule has 0 saturated carbocycles. The lowest BCUT2D eigenvalue weighted by molar-refractivity contribution is 0.0933. The Kier molecular flexibility index (Phi) is 6.45. The smallest absolute Gasteiger partial charge is 0.251 e. The van der Waals surface area contributed by atoms with Crippen LogP contribution in [0.2, 0.25) is 0 Å². The van der Waals surface area contributed by atoms with Gasteiger partial charge in [-0.1, -0.05) is 31.9 Å². The van der Waals surface area contributed by atoms with E-state index in [9.17, 15) is 4.79 Å². The summed E-state index contributed by atoms with van der Waals surface area (Å²) in [7, 11) is 1.91. The molecule has 1 aromatic carbocycles. The Labute approximate surface area is 156 Å². The summed E-state index contributed by atoms with van der Waals surface area (Å²) in [4.78, 5) is 15.3. The van der Waals surface area contributed by atoms with E-state index >= 15 is 0 Å². The number of aromatic nitrogens is 2. The number of carbonyl (C=O) groups is 1. The predicted molar refractivity (Wildman–Crippen MR) is 104 cm³/mol. The van der Waals surface area contributed by atoms with Crippen molar-refractivity contribution in [1.82, 2.24) is 20.0 Å². The van der Waals surface area contributed by atoms with Gasteiger partial charge in [-0.05, 0) is 56.1 Å². The molecule has 5 nitrogen and oxygen atoms in total. The van der Waals surface area contributed by atoms with Crippen LogP contribution < -0.4 is 5.32 Å². The van der Waals surface area contributed by atoms with Crippen LogP contribution in [-0.2, 0) is 13.6 Å². The third-order valence-electron chi connectivity index (χ3n) is 5.22. The van der Waals surface area contributed by atoms with Crippen molar-refractivity contribution >= 4 is 5.91 Å². The molecule has 140 valence electrons. The van der Waals surface area contributed by atoms with Gasteiger partial charge in [0.25, 0.3) is 5.91 Å². The van der Waals surface area contributed by atoms with Crippen molar-refractivity contribution in [3.05, 3.63) is 53.3 Å². The molecule has 1 aromatic heterocycles. The molecule has 0 aliphatic carbocycles. The number of hydrogen-bond donors (Lipinski definition) is 1. The molecule has 1 saturated heterocycles. The van der Waals surface area contributed by atoms with Crippen LogP contribution in [0.3, 0.4) is 0 Å². The van der Waals surface area contributed by atoms with Gasteiger partial charge in [0.2, 0.25) is 0 Å². The molecule has 1 aliphatic heterocycles. The molecule has 3 rings (SSSR count). The van der Waals surface area contributed by atoms with E-state index in [4.69, 9.17) is 0 Å². The molecule has 0 spiro atoms. The van der Waals surface area contributed by atoms with Crippen molar-refractivity contribution in [3.63, 3.8) is 0 Å². The summed E-state index contributed by atoms with van der Waals surface area (Å²) in [6.45, 7) is 5.33. The van der Waals surface area contributed by atoms with Crippen molar-refractivity contribution in [2.24, 2.45) is 7.05 Å². The van der Waals surface area contributed by atoms with Crippen LogP contribution >= 0.6 is 0 Å². The molecule has 0 radical (unpaired) electrons. The summed E-state index contributed by atoms with van der Waals surface area (Å²) in [6.07, 6.45) is 7.84. The molecule has 5 heteroatoms. The first-order valence-electron chi connectivity index (χ1n) is 9.77. The summed E-state index contributed by atoms with van der Waals surface area (Å²) in [5.41, 5.74) is 2.98. The van der Waals surface area contributed by atoms with Crippen LogP contribution in [0.1, 0.15) is 66.7 Å². The van der Waals surface area contributed by atoms with E-state index in [-0.39, 0.29) is 11.9 Å². The largest absolute Gasteiger partial charge is 0.344 e. The fourth-order valence-corrected chi connectivity index (χ4v) is 3.72. The highest BCUT2D eigenvalue weighted by atomic mass is 16.1. The quantitative estimate of drug-likeness (QED) is 0.861. The number of amides is 1. The number of aryl methyl sites for hydroxylation is 1. The highest BCUT2D eigenvalue weighted by Gasteiger charge is 2.17. The van der Waals surface area contributed by atoms with Crippen LogP contribution in [0.4, 0.5) is 0 Å². The van der Waals surface area contributed by atoms with E-state index in [1.54, 1.807) is 6.20 Å². The van der Waals surface area contributed by atoms with Crippen LogP contribution in [-0.4, -0.2) is 33.7 Å². The topological polar surface area (TPSA) is 50.2 Å². The normalized spacial score (nSPS) is 16.8. The summed E-state index contributed by atoms with van der Waals surface area (Å²) < 4.78 is 1.82. The van der Waals surface area contributed by atoms with Crippen LogP contribution in [0.25, 0.3) is 0 Å². The highest BCUT2D eigenvalue weighted by Crippen LogP contribution is 2.18. The maximum atomic E-state index is 12.8. The van der Waals surface area contributed by atoms with Gasteiger partial charge in [-0.25, -0.2) is 0 Å². The van der Waals surface area contributed by atoms with E-state index in [0.29, 0.717) is 0 Å². The fourth-order valence-electron chi connectivity index (χ4n) is 3.72. The first-order valence-corrected chi connectivity index (χ1v) is 9.77. The van der Waals surface area contributed by atoms with E-state index in [0.717, 1.165) is 37.3 Å². The minimum absolute atomic E-state index is 0.0178. The van der Waals surface area contributed by atoms with Gasteiger partial charge in [0.15, 0.2) is 0 Å². The van der Waals surface area contributed by atoms with Gasteiger partial charge in [0, 0.05) is 25.4 Å². The Morgan fingerprint density at radius 2 is 1.96 bits per heavy atom. The van der Waals surface area contributed by atoms with Crippen molar-refractivity contribution in [2.75, 3.05) is 13.1 Å². The molecular formula is C21H30N4O. The van der Waals surface area contributed by atoms with E-state index in [1.165, 1.54) is 31.2 Å². The number of carbonyl (C=O) groups excluding carboxylic acids is 1. The second-order valence-corrected chi connectivity index (χ2v) is 7.20. The second-order valence-electron chi connectivity index (χ2n) is 7.20. The zero-order valence-electron chi connectivity index (χ0n) is 15.9. The Morgan fingerprint density at radius 1 is 1.19 bits per heavy atom. The molecule has 2 aromatic rings. The van der Waals surface area contributed by atoms with Gasteiger partial charge in [-0.15, -0.1) is 0 Å². The van der Waals surface area contributed by atoms with Crippen molar-refractivity contribution in [1.29, 1.82) is 0 Å². The minimum atomic E-state index is -0.0238. The lowest BCUT2D eigenvalue weighted by Gasteiger charge is -2.20. The standard InChI is InChI=1S/C21H30N4O/c1-3-19(20-11-12-22-24(20)2)23-21(26)18-10-8-9-17(15-18)16-25-13-6-4-5-7-14-25/h8-12,15,19H,3-7,13-14,16H2,1-2H3,(H,23,26). The lowest BCUT2D eigenvalue weighted by Crippen LogP contribution is -2.29. The number of nitrogens with zero attached hydrogens (tertiary/aromatic N) is 3. The number of nitrogens with one attached hydrogen (secondary N) is 1. The van der Waals surface area contributed by atoms with Gasteiger partial charge >= 0.3 is 0 Å². The molecular weight excluding hydrogens is 324 g/mol. The number of likely N-dealkylation sites (tertiary alicyclic amines) is 1. The number of rotatable bonds is 6. The average molecular weight is 354 g/mol. The molecule has 1 N–H and O–H groups in total. The third kappa shape index (κ3) is 4.73. The maximum Gasteiger partial charge on any atom is 0.251 e. The second kappa shape index (κ2) is 8.99. The lowest BCUT2D eigenvalue weighted by atomic mass is 10.1. The molecule has 26 heavy (non-hydrogen) atoms. The van der Waals surface area contributed by atoms with Crippen molar-refractivity contribution < 1.29 is 4.79 Å². The van der Waals surface area contributed by atoms with Gasteiger partial charge < -0.3 is 5.32 Å². The minimum Gasteiger partial charge on any atom is -0.344 e. The zero-order chi connectivity index (χ0) is 18.4. The number of benzene rings is 1. The molecule has 1 fully saturated rings. The first-order chi connectivity index (χ1) is 12.7. The zero-order valence-corrected chi connectivity index (χ0v) is 15.9. The summed E-state index contributed by atoms with van der Waals surface area (Å²) in [5, 5.41) is 7.37. The van der Waals surface area contributed by atoms with Gasteiger partial charge in [0.05, 0.1) is 11.7 Å². The summed E-state index contributed by atoms with van der Waals surface area (Å²) in [5.74, 6) is -0.0178. The Balaban J connectivity index is 1.66. The Bertz CT molecular complexity index is 716. The highest BCUT2D eigenvalue weighted by molar-refractivity contribution is 5.94. The summed E-state index contributed by atoms with van der Waals surface area (Å²) in [6, 6.07) is 9.99. The molecule has 1 aliphatic rings. The van der Waals surface area contributed by atoms with Crippen molar-refractivity contribution in [3.8, 4) is 0 Å². The monoisotopic (exact) mass is 354 g/mol. The van der Waals surface area contributed by atoms with E-state index in [1.807, 2.05) is 36.0 Å². The first kappa shape index (κ1) is 18.6. The van der Waals surface area contributed by atoms with Gasteiger partial charge in [-0.3, -0.25) is 14.4 Å². The van der Waals surface area contributed by atoms with E-state index < -0.39 is 0 Å². The van der Waals surface area contributed by atoms with Crippen molar-refractivity contribution in [2.45, 2.75) is 51.6 Å². The Morgan fingerprint density at radius 3 is 2.62 bits per heavy atom. The molecule has 2 heterocycles. The molecule has 1 unspecified atom stereocenters. The van der Waals surface area contributed by atoms with Gasteiger partial charge in [-0.2, -0.15) is 5.10 Å². The van der Waals surface area contributed by atoms with Crippen LogP contribution in [0.5, 0.6) is 0 Å². The molecule has 0 bridgehead atoms. The van der Waals surface area contributed by atoms with Crippen LogP contribution in [0, 0.1) is 0 Å². The fraction of sp³-hybridized carbons (Fsp3) is 0.524. The van der Waals surface area contributed by atoms with Crippen LogP contribution in [0.15, 0.2) is 36.5 Å². The van der Waals surface area contributed by atoms with E-state index in [2.05, 4.69) is 28.3 Å². The maximum absolute atomic E-state index is 12.8. The molecule has 1 amide bonds. The SMILES string of the molecule is CCC(NC(=O)c1cccc(CN2CCCCCC2)c1)c1ccnn1C. The molecule has 1 atom stereocenters. The summed E-state index contributed by atoms with van der Waals surface area (Å²) >= 11 is 0. The predicted octanol–water partition coefficient (Wildman–Crippen LogP) is 3.68. The third-order valence-corrected chi connectivity index (χ3v) is 5.22. The Hall–Kier alpha value is -2.14. The number of hydrogen-bond acceptors (Lipinski definition) is 3. The average Bonchev–Trinajstić information content (AvgIpc) is 2.91.